The summed E-state index contributed by atoms with van der Waals surface area (Å²) in [7, 11) is 0. The lowest BCUT2D eigenvalue weighted by atomic mass is 10.1. The fourth-order valence-corrected chi connectivity index (χ4v) is 2.88. The number of carboxylic acids is 2. The van der Waals surface area contributed by atoms with Gasteiger partial charge in [-0.15, -0.1) is 0 Å². The summed E-state index contributed by atoms with van der Waals surface area (Å²) in [5.74, 6) is -2.47. The minimum absolute atomic E-state index is 0.189. The van der Waals surface area contributed by atoms with Gasteiger partial charge in [-0.2, -0.15) is 15.1 Å². The minimum Gasteiger partial charge on any atom is -0.473 e. The van der Waals surface area contributed by atoms with Crippen molar-refractivity contribution in [3.05, 3.63) is 3.70 Å². The van der Waals surface area contributed by atoms with Gasteiger partial charge < -0.3 is 21.7 Å². The fourth-order valence-electron chi connectivity index (χ4n) is 2.13. The zero-order valence-electron chi connectivity index (χ0n) is 13.4. The first kappa shape index (κ1) is 19.9. The van der Waals surface area contributed by atoms with Crippen LogP contribution < -0.4 is 11.5 Å². The fraction of sp³-hybridized carbons (Fsp3) is 0.462. The predicted molar refractivity (Wildman–Crippen MR) is 96.3 cm³/mol. The molecule has 0 amide bonds. The normalized spacial score (nSPS) is 11.9. The molecule has 2 aromatic rings. The number of hydrogen-bond donors (Lipinski definition) is 4. The summed E-state index contributed by atoms with van der Waals surface area (Å²) in [6, 6.07) is 0.254. The number of nitrogen functional groups attached to an aromatic ring is 2. The van der Waals surface area contributed by atoms with E-state index in [9.17, 15) is 0 Å². The molecule has 0 aromatic carbocycles. The Bertz CT molecular complexity index is 748. The molecule has 0 bridgehead atoms. The van der Waals surface area contributed by atoms with E-state index >= 15 is 0 Å². The summed E-state index contributed by atoms with van der Waals surface area (Å²) in [6.45, 7) is 6.49. The maximum Gasteiger partial charge on any atom is 0.414 e. The van der Waals surface area contributed by atoms with Crippen LogP contribution >= 0.6 is 22.6 Å². The molecule has 0 spiro atoms. The molecule has 6 N–H and O–H groups in total. The summed E-state index contributed by atoms with van der Waals surface area (Å²) < 4.78 is 2.71. The average Bonchev–Trinajstić information content (AvgIpc) is 2.75. The topological polar surface area (TPSA) is 170 Å². The van der Waals surface area contributed by atoms with Gasteiger partial charge >= 0.3 is 11.9 Å². The standard InChI is InChI=1S/C11H17IN6.C2H2O4/c1-5(2)4-6(3)18-10-7(8(12)17-18)9(13)15-11(14)16-10;3-1(4)2(5)6/h5-6H,4H2,1-3H3,(H4,13,14,15,16);(H,3,4)(H,5,6). The van der Waals surface area contributed by atoms with Crippen molar-refractivity contribution in [3.8, 4) is 0 Å². The Morgan fingerprint density at radius 1 is 1.17 bits per heavy atom. The molecular weight excluding hydrogens is 431 g/mol. The molecule has 0 aliphatic rings. The third-order valence-corrected chi connectivity index (χ3v) is 3.72. The molecule has 1 atom stereocenters. The molecule has 0 aliphatic heterocycles. The van der Waals surface area contributed by atoms with Crippen LogP contribution in [0.15, 0.2) is 0 Å². The van der Waals surface area contributed by atoms with Gasteiger partial charge in [-0.25, -0.2) is 14.3 Å². The van der Waals surface area contributed by atoms with Crippen LogP contribution in [0, 0.1) is 9.62 Å². The van der Waals surface area contributed by atoms with E-state index in [-0.39, 0.29) is 12.0 Å². The number of anilines is 2. The first-order valence-corrected chi connectivity index (χ1v) is 8.05. The highest BCUT2D eigenvalue weighted by molar-refractivity contribution is 14.1. The van der Waals surface area contributed by atoms with Crippen LogP contribution in [0.4, 0.5) is 11.8 Å². The van der Waals surface area contributed by atoms with E-state index in [1.165, 1.54) is 0 Å². The molecule has 10 nitrogen and oxygen atoms in total. The first-order valence-electron chi connectivity index (χ1n) is 6.97. The SMILES string of the molecule is CC(C)CC(C)n1nc(I)c2c(N)nc(N)nc21.O=C(O)C(=O)O. The molecular formula is C13H19IN6O4. The lowest BCUT2D eigenvalue weighted by Crippen LogP contribution is -2.11. The smallest absolute Gasteiger partial charge is 0.414 e. The number of fused-ring (bicyclic) bond motifs is 1. The first-order chi connectivity index (χ1) is 11.0. The van der Waals surface area contributed by atoms with Gasteiger partial charge in [-0.3, -0.25) is 0 Å². The second-order valence-corrected chi connectivity index (χ2v) is 6.51. The maximum absolute atomic E-state index is 9.10. The largest absolute Gasteiger partial charge is 0.473 e. The van der Waals surface area contributed by atoms with Gasteiger partial charge in [0.2, 0.25) is 5.95 Å². The van der Waals surface area contributed by atoms with E-state index in [4.69, 9.17) is 31.3 Å². The van der Waals surface area contributed by atoms with Crippen LogP contribution in [0.25, 0.3) is 11.0 Å². The third kappa shape index (κ3) is 4.91. The Balaban J connectivity index is 0.000000413. The molecule has 0 radical (unpaired) electrons. The van der Waals surface area contributed by atoms with Crippen molar-refractivity contribution in [3.63, 3.8) is 0 Å². The lowest BCUT2D eigenvalue weighted by molar-refractivity contribution is -0.159. The van der Waals surface area contributed by atoms with Crippen molar-refractivity contribution < 1.29 is 19.8 Å². The van der Waals surface area contributed by atoms with Crippen molar-refractivity contribution in [2.45, 2.75) is 33.2 Å². The number of nitrogens with zero attached hydrogens (tertiary/aromatic N) is 4. The molecule has 24 heavy (non-hydrogen) atoms. The van der Waals surface area contributed by atoms with Crippen LogP contribution in [-0.4, -0.2) is 41.9 Å². The highest BCUT2D eigenvalue weighted by Gasteiger charge is 2.19. The van der Waals surface area contributed by atoms with Gasteiger partial charge in [0.1, 0.15) is 9.52 Å². The van der Waals surface area contributed by atoms with E-state index in [0.29, 0.717) is 11.7 Å². The Morgan fingerprint density at radius 2 is 1.71 bits per heavy atom. The van der Waals surface area contributed by atoms with Crippen molar-refractivity contribution >= 4 is 57.3 Å². The van der Waals surface area contributed by atoms with E-state index < -0.39 is 11.9 Å². The van der Waals surface area contributed by atoms with Crippen LogP contribution in [0.3, 0.4) is 0 Å². The summed E-state index contributed by atoms with van der Waals surface area (Å²) in [5, 5.41) is 20.1. The highest BCUT2D eigenvalue weighted by Crippen LogP contribution is 2.28. The van der Waals surface area contributed by atoms with Gasteiger partial charge in [0.05, 0.1) is 11.4 Å². The molecule has 0 saturated carbocycles. The number of halogens is 1. The summed E-state index contributed by atoms with van der Waals surface area (Å²) >= 11 is 2.15. The number of carbonyl (C=O) groups is 2. The number of carboxylic acid groups (broad SMARTS) is 2. The van der Waals surface area contributed by atoms with Gasteiger partial charge in [0.25, 0.3) is 0 Å². The van der Waals surface area contributed by atoms with Crippen LogP contribution in [0.5, 0.6) is 0 Å². The van der Waals surface area contributed by atoms with Gasteiger partial charge in [0, 0.05) is 0 Å². The van der Waals surface area contributed by atoms with Crippen molar-refractivity contribution in [2.75, 3.05) is 11.5 Å². The number of aromatic nitrogens is 4. The highest BCUT2D eigenvalue weighted by atomic mass is 127. The molecule has 2 heterocycles. The zero-order valence-corrected chi connectivity index (χ0v) is 15.6. The second kappa shape index (κ2) is 8.08. The Labute approximate surface area is 151 Å². The lowest BCUT2D eigenvalue weighted by Gasteiger charge is -2.15. The number of hydrogen-bond acceptors (Lipinski definition) is 7. The number of nitrogens with two attached hydrogens (primary N) is 2. The Hall–Kier alpha value is -2.18. The summed E-state index contributed by atoms with van der Waals surface area (Å²) in [5.41, 5.74) is 12.3. The van der Waals surface area contributed by atoms with E-state index in [1.54, 1.807) is 0 Å². The summed E-state index contributed by atoms with van der Waals surface area (Å²) in [4.78, 5) is 26.4. The zero-order chi connectivity index (χ0) is 18.6. The molecule has 0 aliphatic carbocycles. The van der Waals surface area contributed by atoms with Gasteiger partial charge in [0.15, 0.2) is 5.65 Å². The summed E-state index contributed by atoms with van der Waals surface area (Å²) in [6.07, 6.45) is 1.02. The van der Waals surface area contributed by atoms with Crippen molar-refractivity contribution in [1.82, 2.24) is 19.7 Å². The number of rotatable bonds is 3. The molecule has 0 fully saturated rings. The van der Waals surface area contributed by atoms with Crippen molar-refractivity contribution in [1.29, 1.82) is 0 Å². The monoisotopic (exact) mass is 450 g/mol. The van der Waals surface area contributed by atoms with Crippen LogP contribution in [0.2, 0.25) is 0 Å². The quantitative estimate of drug-likeness (QED) is 0.398. The Morgan fingerprint density at radius 3 is 2.17 bits per heavy atom. The van der Waals surface area contributed by atoms with E-state index in [0.717, 1.165) is 21.2 Å². The van der Waals surface area contributed by atoms with Crippen LogP contribution in [0.1, 0.15) is 33.2 Å². The average molecular weight is 450 g/mol. The molecule has 132 valence electrons. The molecule has 0 saturated heterocycles. The second-order valence-electron chi connectivity index (χ2n) is 5.49. The van der Waals surface area contributed by atoms with Gasteiger partial charge in [-0.05, 0) is 41.9 Å². The van der Waals surface area contributed by atoms with E-state index in [2.05, 4.69) is 58.4 Å². The molecule has 1 unspecified atom stereocenters. The third-order valence-electron chi connectivity index (χ3n) is 2.97. The minimum atomic E-state index is -1.82. The molecule has 2 aromatic heterocycles. The van der Waals surface area contributed by atoms with E-state index in [1.807, 2.05) is 4.68 Å². The maximum atomic E-state index is 9.10. The van der Waals surface area contributed by atoms with Gasteiger partial charge in [-0.1, -0.05) is 13.8 Å². The number of aliphatic carboxylic acids is 2. The van der Waals surface area contributed by atoms with Crippen LogP contribution in [-0.2, 0) is 9.59 Å². The molecule has 2 rings (SSSR count). The Kier molecular flexibility index (Phi) is 6.69. The predicted octanol–water partition coefficient (Wildman–Crippen LogP) is 1.36. The molecule has 11 heteroatoms. The van der Waals surface area contributed by atoms with Crippen molar-refractivity contribution in [2.24, 2.45) is 5.92 Å².